The second kappa shape index (κ2) is 6.91. The minimum Gasteiger partial charge on any atom is -0.373 e. The first-order valence-corrected chi connectivity index (χ1v) is 9.16. The summed E-state index contributed by atoms with van der Waals surface area (Å²) in [6, 6.07) is 9.29. The molecule has 0 aromatic heterocycles. The third kappa shape index (κ3) is 4.16. The van der Waals surface area contributed by atoms with Crippen LogP contribution in [0.1, 0.15) is 24.8 Å². The monoisotopic (exact) mass is 323 g/mol. The molecule has 1 aliphatic heterocycles. The fourth-order valence-corrected chi connectivity index (χ4v) is 4.07. The Hall–Kier alpha value is -1.21. The lowest BCUT2D eigenvalue weighted by atomic mass is 9.90. The van der Waals surface area contributed by atoms with Crippen molar-refractivity contribution in [3.05, 3.63) is 41.3 Å². The van der Waals surface area contributed by atoms with E-state index < -0.39 is 10.0 Å². The van der Waals surface area contributed by atoms with Gasteiger partial charge in [0.15, 0.2) is 0 Å². The molecule has 0 spiro atoms. The Bertz CT molecular complexity index is 614. The molecule has 5 nitrogen and oxygen atoms in total. The Balaban J connectivity index is 1.58. The van der Waals surface area contributed by atoms with Crippen molar-refractivity contribution >= 4 is 16.1 Å². The topological polar surface area (TPSA) is 64.6 Å². The Labute approximate surface area is 131 Å². The van der Waals surface area contributed by atoms with E-state index in [0.717, 1.165) is 18.4 Å². The van der Waals surface area contributed by atoms with Crippen LogP contribution in [0.15, 0.2) is 35.7 Å². The Morgan fingerprint density at radius 2 is 1.77 bits per heavy atom. The summed E-state index contributed by atoms with van der Waals surface area (Å²) < 4.78 is 38.4. The van der Waals surface area contributed by atoms with Crippen molar-refractivity contribution in [3.8, 4) is 0 Å². The molecule has 2 aliphatic rings. The highest BCUT2D eigenvalue weighted by molar-refractivity contribution is 7.92. The van der Waals surface area contributed by atoms with E-state index in [0.29, 0.717) is 19.6 Å². The van der Waals surface area contributed by atoms with Crippen LogP contribution in [0.5, 0.6) is 0 Å². The van der Waals surface area contributed by atoms with E-state index in [2.05, 4.69) is 4.72 Å². The highest BCUT2D eigenvalue weighted by atomic mass is 32.2. The van der Waals surface area contributed by atoms with Gasteiger partial charge in [0.1, 0.15) is 0 Å². The number of rotatable bonds is 4. The highest BCUT2D eigenvalue weighted by Gasteiger charge is 2.35. The van der Waals surface area contributed by atoms with Crippen LogP contribution in [0.3, 0.4) is 0 Å². The summed E-state index contributed by atoms with van der Waals surface area (Å²) in [6.45, 7) is 1.23. The fraction of sp³-hybridized carbons (Fsp3) is 0.500. The van der Waals surface area contributed by atoms with Gasteiger partial charge in [-0.3, -0.25) is 0 Å². The molecule has 0 unspecified atom stereocenters. The van der Waals surface area contributed by atoms with Crippen molar-refractivity contribution in [1.29, 1.82) is 0 Å². The van der Waals surface area contributed by atoms with E-state index in [-0.39, 0.29) is 18.2 Å². The summed E-state index contributed by atoms with van der Waals surface area (Å²) in [6.07, 6.45) is 4.02. The van der Waals surface area contributed by atoms with E-state index in [1.807, 2.05) is 30.3 Å². The van der Waals surface area contributed by atoms with E-state index >= 15 is 0 Å². The van der Waals surface area contributed by atoms with Gasteiger partial charge in [0.25, 0.3) is 0 Å². The molecule has 3 rings (SSSR count). The quantitative estimate of drug-likeness (QED) is 0.919. The molecule has 1 aromatic carbocycles. The van der Waals surface area contributed by atoms with E-state index in [1.165, 1.54) is 5.41 Å². The van der Waals surface area contributed by atoms with Crippen LogP contribution in [0.25, 0.3) is 6.08 Å². The van der Waals surface area contributed by atoms with Crippen LogP contribution in [0.4, 0.5) is 0 Å². The summed E-state index contributed by atoms with van der Waals surface area (Å²) >= 11 is 0. The van der Waals surface area contributed by atoms with Crippen molar-refractivity contribution in [2.75, 3.05) is 13.2 Å². The zero-order valence-electron chi connectivity index (χ0n) is 12.4. The number of hydrogen-bond donors (Lipinski definition) is 1. The van der Waals surface area contributed by atoms with Gasteiger partial charge in [0, 0.05) is 11.4 Å². The average molecular weight is 323 g/mol. The largest absolute Gasteiger partial charge is 0.373 e. The zero-order valence-corrected chi connectivity index (χ0v) is 13.2. The lowest BCUT2D eigenvalue weighted by Gasteiger charge is -2.38. The molecule has 3 atom stereocenters. The SMILES string of the molecule is O=S(=O)(/C=C/c1ccccc1)N[C@@H]1CC[C@@H]2OCCO[C@@H]2C1. The van der Waals surface area contributed by atoms with Crippen molar-refractivity contribution in [2.45, 2.75) is 37.5 Å². The molecule has 2 fully saturated rings. The van der Waals surface area contributed by atoms with E-state index in [1.54, 1.807) is 6.08 Å². The fourth-order valence-electron chi connectivity index (χ4n) is 2.98. The van der Waals surface area contributed by atoms with Crippen LogP contribution in [0.2, 0.25) is 0 Å². The molecule has 1 heterocycles. The van der Waals surface area contributed by atoms with Crippen LogP contribution in [-0.2, 0) is 19.5 Å². The van der Waals surface area contributed by atoms with Gasteiger partial charge in [-0.1, -0.05) is 30.3 Å². The molecular formula is C16H21NO4S. The standard InChI is InChI=1S/C16H21NO4S/c18-22(19,11-8-13-4-2-1-3-5-13)17-14-6-7-15-16(12-14)21-10-9-20-15/h1-5,8,11,14-17H,6-7,9-10,12H2/b11-8+/t14-,15+,16-/m1/s1. The number of benzene rings is 1. The third-order valence-corrected chi connectivity index (χ3v) is 5.20. The molecule has 6 heteroatoms. The van der Waals surface area contributed by atoms with E-state index in [9.17, 15) is 8.42 Å². The van der Waals surface area contributed by atoms with Crippen LogP contribution in [-0.4, -0.2) is 39.9 Å². The van der Waals surface area contributed by atoms with Gasteiger partial charge in [-0.2, -0.15) is 0 Å². The Kier molecular flexibility index (Phi) is 4.93. The van der Waals surface area contributed by atoms with Crippen LogP contribution in [0, 0.1) is 0 Å². The molecule has 0 amide bonds. The third-order valence-electron chi connectivity index (χ3n) is 4.05. The number of nitrogens with one attached hydrogen (secondary N) is 1. The minimum absolute atomic E-state index is 0.00769. The summed E-state index contributed by atoms with van der Waals surface area (Å²) in [7, 11) is -3.44. The lowest BCUT2D eigenvalue weighted by Crippen LogP contribution is -2.48. The Morgan fingerprint density at radius 1 is 1.05 bits per heavy atom. The number of sulfonamides is 1. The first-order chi connectivity index (χ1) is 10.6. The molecule has 1 aromatic rings. The maximum atomic E-state index is 12.2. The smallest absolute Gasteiger partial charge is 0.233 e. The molecule has 1 saturated carbocycles. The molecule has 0 bridgehead atoms. The molecule has 120 valence electrons. The second-order valence-electron chi connectivity index (χ2n) is 5.70. The average Bonchev–Trinajstić information content (AvgIpc) is 2.54. The number of ether oxygens (including phenoxy) is 2. The molecule has 0 radical (unpaired) electrons. The first-order valence-electron chi connectivity index (χ1n) is 7.61. The van der Waals surface area contributed by atoms with Crippen molar-refractivity contribution in [3.63, 3.8) is 0 Å². The summed E-state index contributed by atoms with van der Waals surface area (Å²) in [5.41, 5.74) is 0.862. The summed E-state index contributed by atoms with van der Waals surface area (Å²) in [5.74, 6) is 0. The van der Waals surface area contributed by atoms with Gasteiger partial charge < -0.3 is 9.47 Å². The number of fused-ring (bicyclic) bond motifs is 1. The lowest BCUT2D eigenvalue weighted by molar-refractivity contribution is -0.156. The van der Waals surface area contributed by atoms with Gasteiger partial charge in [0.05, 0.1) is 25.4 Å². The van der Waals surface area contributed by atoms with Gasteiger partial charge in [-0.15, -0.1) is 0 Å². The van der Waals surface area contributed by atoms with E-state index in [4.69, 9.17) is 9.47 Å². The normalized spacial score (nSPS) is 29.4. The molecule has 1 N–H and O–H groups in total. The van der Waals surface area contributed by atoms with Crippen LogP contribution >= 0.6 is 0 Å². The predicted molar refractivity (Wildman–Crippen MR) is 84.7 cm³/mol. The summed E-state index contributed by atoms with van der Waals surface area (Å²) in [4.78, 5) is 0. The Morgan fingerprint density at radius 3 is 2.55 bits per heavy atom. The number of hydrogen-bond acceptors (Lipinski definition) is 4. The minimum atomic E-state index is -3.44. The van der Waals surface area contributed by atoms with Crippen molar-refractivity contribution in [1.82, 2.24) is 4.72 Å². The van der Waals surface area contributed by atoms with Crippen LogP contribution < -0.4 is 4.72 Å². The maximum absolute atomic E-state index is 12.2. The molecule has 1 saturated heterocycles. The van der Waals surface area contributed by atoms with Gasteiger partial charge in [-0.25, -0.2) is 13.1 Å². The summed E-state index contributed by atoms with van der Waals surface area (Å²) in [5, 5.41) is 1.23. The van der Waals surface area contributed by atoms with Crippen molar-refractivity contribution < 1.29 is 17.9 Å². The maximum Gasteiger partial charge on any atom is 0.233 e. The molecule has 1 aliphatic carbocycles. The highest BCUT2D eigenvalue weighted by Crippen LogP contribution is 2.27. The first kappa shape index (κ1) is 15.7. The second-order valence-corrected chi connectivity index (χ2v) is 7.30. The zero-order chi connectivity index (χ0) is 15.4. The van der Waals surface area contributed by atoms with Gasteiger partial charge in [0.2, 0.25) is 10.0 Å². The predicted octanol–water partition coefficient (Wildman–Crippen LogP) is 1.91. The van der Waals surface area contributed by atoms with Gasteiger partial charge in [-0.05, 0) is 30.9 Å². The van der Waals surface area contributed by atoms with Crippen molar-refractivity contribution in [2.24, 2.45) is 0 Å². The molecule has 22 heavy (non-hydrogen) atoms. The van der Waals surface area contributed by atoms with Gasteiger partial charge >= 0.3 is 0 Å². The molecular weight excluding hydrogens is 302 g/mol.